The SMILES string of the molecule is CC(C)Cn1cnc(S(=O)(=O)N(C)CC#N)c1. The lowest BCUT2D eigenvalue weighted by Crippen LogP contribution is -2.27. The van der Waals surface area contributed by atoms with Gasteiger partial charge in [0.05, 0.1) is 12.4 Å². The Bertz CT molecular complexity index is 513. The fourth-order valence-corrected chi connectivity index (χ4v) is 2.33. The standard InChI is InChI=1S/C10H16N4O2S/c1-9(2)6-14-7-10(12-8-14)17(15,16)13(3)5-4-11/h7-9H,5-6H2,1-3H3. The molecule has 0 unspecified atom stereocenters. The summed E-state index contributed by atoms with van der Waals surface area (Å²) < 4.78 is 26.6. The predicted molar refractivity (Wildman–Crippen MR) is 62.5 cm³/mol. The van der Waals surface area contributed by atoms with Gasteiger partial charge in [0.15, 0.2) is 5.03 Å². The predicted octanol–water partition coefficient (Wildman–Crippen LogP) is 0.683. The third-order valence-corrected chi connectivity index (χ3v) is 3.84. The summed E-state index contributed by atoms with van der Waals surface area (Å²) in [5.74, 6) is 0.414. The Morgan fingerprint density at radius 1 is 1.59 bits per heavy atom. The van der Waals surface area contributed by atoms with Gasteiger partial charge in [0.1, 0.15) is 6.54 Å². The molecule has 0 amide bonds. The van der Waals surface area contributed by atoms with Gasteiger partial charge >= 0.3 is 0 Å². The van der Waals surface area contributed by atoms with Crippen LogP contribution in [-0.2, 0) is 16.6 Å². The molecule has 0 fully saturated rings. The normalized spacial score (nSPS) is 12.0. The molecule has 94 valence electrons. The topological polar surface area (TPSA) is 79.0 Å². The number of hydrogen-bond acceptors (Lipinski definition) is 4. The molecule has 0 bridgehead atoms. The second-order valence-electron chi connectivity index (χ2n) is 4.22. The van der Waals surface area contributed by atoms with Gasteiger partial charge in [-0.2, -0.15) is 9.57 Å². The van der Waals surface area contributed by atoms with Crippen LogP contribution in [0.3, 0.4) is 0 Å². The van der Waals surface area contributed by atoms with Gasteiger partial charge in [-0.05, 0) is 5.92 Å². The molecule has 0 saturated heterocycles. The van der Waals surface area contributed by atoms with Gasteiger partial charge < -0.3 is 4.57 Å². The summed E-state index contributed by atoms with van der Waals surface area (Å²) in [6, 6.07) is 1.79. The number of nitriles is 1. The lowest BCUT2D eigenvalue weighted by Gasteiger charge is -2.10. The van der Waals surface area contributed by atoms with E-state index in [4.69, 9.17) is 5.26 Å². The first-order valence-electron chi connectivity index (χ1n) is 5.23. The van der Waals surface area contributed by atoms with Crippen molar-refractivity contribution in [1.82, 2.24) is 13.9 Å². The first-order chi connectivity index (χ1) is 7.87. The van der Waals surface area contributed by atoms with E-state index < -0.39 is 10.0 Å². The number of hydrogen-bond donors (Lipinski definition) is 0. The third-order valence-electron chi connectivity index (χ3n) is 2.15. The maximum absolute atomic E-state index is 11.9. The summed E-state index contributed by atoms with van der Waals surface area (Å²) in [6.07, 6.45) is 2.98. The van der Waals surface area contributed by atoms with Crippen molar-refractivity contribution < 1.29 is 8.42 Å². The van der Waals surface area contributed by atoms with Crippen LogP contribution in [0.1, 0.15) is 13.8 Å². The average Bonchev–Trinajstić information content (AvgIpc) is 2.66. The molecule has 0 N–H and O–H groups in total. The molecule has 0 radical (unpaired) electrons. The van der Waals surface area contributed by atoms with Crippen molar-refractivity contribution >= 4 is 10.0 Å². The summed E-state index contributed by atoms with van der Waals surface area (Å²) in [7, 11) is -2.28. The molecular formula is C10H16N4O2S. The van der Waals surface area contributed by atoms with E-state index in [1.54, 1.807) is 10.6 Å². The molecule has 1 rings (SSSR count). The molecule has 0 saturated carbocycles. The van der Waals surface area contributed by atoms with Gasteiger partial charge in [-0.1, -0.05) is 13.8 Å². The highest BCUT2D eigenvalue weighted by molar-refractivity contribution is 7.89. The first-order valence-corrected chi connectivity index (χ1v) is 6.67. The van der Waals surface area contributed by atoms with E-state index in [-0.39, 0.29) is 11.6 Å². The van der Waals surface area contributed by atoms with Crippen LogP contribution in [0.15, 0.2) is 17.6 Å². The Morgan fingerprint density at radius 3 is 2.76 bits per heavy atom. The molecule has 1 heterocycles. The molecule has 17 heavy (non-hydrogen) atoms. The number of sulfonamides is 1. The van der Waals surface area contributed by atoms with Crippen LogP contribution in [0, 0.1) is 17.2 Å². The summed E-state index contributed by atoms with van der Waals surface area (Å²) in [5, 5.41) is 8.47. The van der Waals surface area contributed by atoms with Crippen molar-refractivity contribution in [1.29, 1.82) is 5.26 Å². The number of rotatable bonds is 5. The zero-order chi connectivity index (χ0) is 13.1. The lowest BCUT2D eigenvalue weighted by molar-refractivity contribution is 0.497. The van der Waals surface area contributed by atoms with E-state index in [2.05, 4.69) is 4.98 Å². The van der Waals surface area contributed by atoms with Crippen molar-refractivity contribution in [2.24, 2.45) is 5.92 Å². The summed E-state index contributed by atoms with van der Waals surface area (Å²) in [5.41, 5.74) is 0. The largest absolute Gasteiger partial charge is 0.336 e. The van der Waals surface area contributed by atoms with Crippen molar-refractivity contribution in [3.05, 3.63) is 12.5 Å². The van der Waals surface area contributed by atoms with Crippen LogP contribution in [0.5, 0.6) is 0 Å². The molecule has 7 heteroatoms. The zero-order valence-electron chi connectivity index (χ0n) is 10.2. The third kappa shape index (κ3) is 3.28. The molecule has 6 nitrogen and oxygen atoms in total. The molecule has 0 aliphatic heterocycles. The van der Waals surface area contributed by atoms with E-state index in [9.17, 15) is 8.42 Å². The minimum absolute atomic E-state index is 0.0177. The molecule has 0 aliphatic rings. The highest BCUT2D eigenvalue weighted by Crippen LogP contribution is 2.12. The van der Waals surface area contributed by atoms with Gasteiger partial charge in [0, 0.05) is 19.8 Å². The fraction of sp³-hybridized carbons (Fsp3) is 0.600. The van der Waals surface area contributed by atoms with Crippen molar-refractivity contribution in [2.45, 2.75) is 25.4 Å². The van der Waals surface area contributed by atoms with E-state index in [1.807, 2.05) is 13.8 Å². The van der Waals surface area contributed by atoms with E-state index in [0.717, 1.165) is 4.31 Å². The maximum Gasteiger partial charge on any atom is 0.262 e. The molecular weight excluding hydrogens is 240 g/mol. The Morgan fingerprint density at radius 2 is 2.24 bits per heavy atom. The van der Waals surface area contributed by atoms with E-state index >= 15 is 0 Å². The van der Waals surface area contributed by atoms with Gasteiger partial charge in [-0.3, -0.25) is 0 Å². The van der Waals surface area contributed by atoms with Crippen molar-refractivity contribution in [3.63, 3.8) is 0 Å². The fourth-order valence-electron chi connectivity index (χ4n) is 1.34. The summed E-state index contributed by atoms with van der Waals surface area (Å²) in [4.78, 5) is 3.87. The molecule has 0 aromatic carbocycles. The number of nitrogens with zero attached hydrogens (tertiary/aromatic N) is 4. The van der Waals surface area contributed by atoms with Gasteiger partial charge in [0.2, 0.25) is 0 Å². The minimum Gasteiger partial charge on any atom is -0.336 e. The monoisotopic (exact) mass is 256 g/mol. The average molecular weight is 256 g/mol. The van der Waals surface area contributed by atoms with Gasteiger partial charge in [-0.25, -0.2) is 13.4 Å². The Kier molecular flexibility index (Phi) is 4.26. The molecule has 0 atom stereocenters. The highest BCUT2D eigenvalue weighted by Gasteiger charge is 2.23. The second kappa shape index (κ2) is 5.29. The smallest absolute Gasteiger partial charge is 0.262 e. The minimum atomic E-state index is -3.64. The summed E-state index contributed by atoms with van der Waals surface area (Å²) in [6.45, 7) is 4.61. The molecule has 0 aliphatic carbocycles. The molecule has 0 spiro atoms. The van der Waals surface area contributed by atoms with Crippen LogP contribution >= 0.6 is 0 Å². The second-order valence-corrected chi connectivity index (χ2v) is 6.21. The van der Waals surface area contributed by atoms with Gasteiger partial charge in [0.25, 0.3) is 10.0 Å². The number of imidazole rings is 1. The van der Waals surface area contributed by atoms with Crippen LogP contribution < -0.4 is 0 Å². The molecule has 1 aromatic rings. The van der Waals surface area contributed by atoms with Gasteiger partial charge in [-0.15, -0.1) is 0 Å². The maximum atomic E-state index is 11.9. The Hall–Kier alpha value is -1.39. The Balaban J connectivity index is 2.93. The first kappa shape index (κ1) is 13.7. The van der Waals surface area contributed by atoms with Crippen LogP contribution in [0.25, 0.3) is 0 Å². The van der Waals surface area contributed by atoms with E-state index in [1.165, 1.54) is 19.6 Å². The van der Waals surface area contributed by atoms with Crippen LogP contribution in [-0.4, -0.2) is 35.9 Å². The summed E-state index contributed by atoms with van der Waals surface area (Å²) >= 11 is 0. The Labute approximate surface area is 102 Å². The van der Waals surface area contributed by atoms with E-state index in [0.29, 0.717) is 12.5 Å². The van der Waals surface area contributed by atoms with Crippen LogP contribution in [0.2, 0.25) is 0 Å². The molecule has 1 aromatic heterocycles. The number of aromatic nitrogens is 2. The lowest BCUT2D eigenvalue weighted by atomic mass is 10.2. The zero-order valence-corrected chi connectivity index (χ0v) is 11.0. The highest BCUT2D eigenvalue weighted by atomic mass is 32.2. The quantitative estimate of drug-likeness (QED) is 0.726. The van der Waals surface area contributed by atoms with Crippen LogP contribution in [0.4, 0.5) is 0 Å². The van der Waals surface area contributed by atoms with Crippen molar-refractivity contribution in [2.75, 3.05) is 13.6 Å². The van der Waals surface area contributed by atoms with Crippen molar-refractivity contribution in [3.8, 4) is 6.07 Å².